The minimum Gasteiger partial charge on any atom is -0.493 e. The lowest BCUT2D eigenvalue weighted by atomic mass is 10.0. The van der Waals surface area contributed by atoms with E-state index in [4.69, 9.17) is 14.2 Å². The van der Waals surface area contributed by atoms with Crippen molar-refractivity contribution in [1.82, 2.24) is 10.2 Å². The van der Waals surface area contributed by atoms with Gasteiger partial charge in [0.25, 0.3) is 5.91 Å². The minimum atomic E-state index is -0.386. The second-order valence-corrected chi connectivity index (χ2v) is 7.18. The quantitative estimate of drug-likeness (QED) is 0.715. The number of morpholine rings is 1. The van der Waals surface area contributed by atoms with Crippen LogP contribution in [0.4, 0.5) is 4.39 Å². The molecule has 0 aromatic heterocycles. The monoisotopic (exact) mass is 416 g/mol. The van der Waals surface area contributed by atoms with E-state index in [1.54, 1.807) is 26.2 Å². The fourth-order valence-electron chi connectivity index (χ4n) is 3.54. The number of rotatable bonds is 8. The van der Waals surface area contributed by atoms with Gasteiger partial charge < -0.3 is 19.5 Å². The third-order valence-electron chi connectivity index (χ3n) is 5.25. The summed E-state index contributed by atoms with van der Waals surface area (Å²) < 4.78 is 30.5. The Labute approximate surface area is 176 Å². The average Bonchev–Trinajstić information content (AvgIpc) is 2.77. The number of ether oxygens (including phenoxy) is 3. The number of hydrogen-bond acceptors (Lipinski definition) is 5. The predicted molar refractivity (Wildman–Crippen MR) is 113 cm³/mol. The number of halogens is 1. The highest BCUT2D eigenvalue weighted by atomic mass is 19.1. The molecule has 0 spiro atoms. The molecule has 3 rings (SSSR count). The van der Waals surface area contributed by atoms with Crippen molar-refractivity contribution in [3.05, 3.63) is 58.9 Å². The van der Waals surface area contributed by atoms with Crippen molar-refractivity contribution in [3.63, 3.8) is 0 Å². The normalized spacial score (nSPS) is 15.5. The van der Waals surface area contributed by atoms with Gasteiger partial charge in [-0.25, -0.2) is 4.39 Å². The van der Waals surface area contributed by atoms with Crippen LogP contribution < -0.4 is 14.8 Å². The zero-order valence-corrected chi connectivity index (χ0v) is 17.7. The Balaban J connectivity index is 1.80. The van der Waals surface area contributed by atoms with Crippen LogP contribution in [0, 0.1) is 12.7 Å². The van der Waals surface area contributed by atoms with Crippen molar-refractivity contribution in [2.45, 2.75) is 19.9 Å². The fourth-order valence-corrected chi connectivity index (χ4v) is 3.54. The Morgan fingerprint density at radius 2 is 1.97 bits per heavy atom. The highest BCUT2D eigenvalue weighted by Gasteiger charge is 2.24. The van der Waals surface area contributed by atoms with Crippen LogP contribution in [0.1, 0.15) is 34.5 Å². The first-order chi connectivity index (χ1) is 14.5. The second kappa shape index (κ2) is 10.4. The zero-order chi connectivity index (χ0) is 21.5. The van der Waals surface area contributed by atoms with E-state index < -0.39 is 0 Å². The lowest BCUT2D eigenvalue weighted by Crippen LogP contribution is -2.43. The summed E-state index contributed by atoms with van der Waals surface area (Å²) in [5.41, 5.74) is 1.83. The van der Waals surface area contributed by atoms with Crippen LogP contribution in [-0.4, -0.2) is 57.4 Å². The molecule has 0 radical (unpaired) electrons. The van der Waals surface area contributed by atoms with Crippen molar-refractivity contribution in [2.75, 3.05) is 46.6 Å². The van der Waals surface area contributed by atoms with Gasteiger partial charge in [-0.05, 0) is 49.2 Å². The van der Waals surface area contributed by atoms with E-state index in [1.165, 1.54) is 6.07 Å². The summed E-state index contributed by atoms with van der Waals surface area (Å²) in [6.45, 7) is 7.32. The first-order valence-electron chi connectivity index (χ1n) is 10.2. The average molecular weight is 416 g/mol. The molecule has 7 heteroatoms. The molecule has 0 unspecified atom stereocenters. The topological polar surface area (TPSA) is 60.0 Å². The summed E-state index contributed by atoms with van der Waals surface area (Å²) in [4.78, 5) is 14.9. The molecule has 162 valence electrons. The largest absolute Gasteiger partial charge is 0.493 e. The number of carbonyl (C=O) groups excluding carboxylic acids is 1. The molecule has 30 heavy (non-hydrogen) atoms. The Kier molecular flexibility index (Phi) is 7.65. The van der Waals surface area contributed by atoms with Gasteiger partial charge in [-0.2, -0.15) is 0 Å². The number of benzene rings is 2. The lowest BCUT2D eigenvalue weighted by molar-refractivity contribution is 0.0162. The molecule has 1 heterocycles. The maximum absolute atomic E-state index is 13.9. The van der Waals surface area contributed by atoms with Gasteiger partial charge in [-0.1, -0.05) is 12.1 Å². The van der Waals surface area contributed by atoms with Crippen molar-refractivity contribution >= 4 is 5.91 Å². The second-order valence-electron chi connectivity index (χ2n) is 7.18. The fraction of sp³-hybridized carbons (Fsp3) is 0.435. The summed E-state index contributed by atoms with van der Waals surface area (Å²) in [7, 11) is 1.61. The SMILES string of the molecule is CCOc1ccc([C@H](CNC(=O)c2ccc(C)c(F)c2)N2CCOCC2)cc1OC. The lowest BCUT2D eigenvalue weighted by Gasteiger charge is -2.35. The van der Waals surface area contributed by atoms with Gasteiger partial charge >= 0.3 is 0 Å². The van der Waals surface area contributed by atoms with Crippen molar-refractivity contribution in [1.29, 1.82) is 0 Å². The van der Waals surface area contributed by atoms with Crippen LogP contribution in [-0.2, 0) is 4.74 Å². The van der Waals surface area contributed by atoms with Gasteiger partial charge in [0.2, 0.25) is 0 Å². The van der Waals surface area contributed by atoms with E-state index in [9.17, 15) is 9.18 Å². The van der Waals surface area contributed by atoms with E-state index in [0.717, 1.165) is 18.7 Å². The molecule has 1 fully saturated rings. The molecule has 2 aromatic carbocycles. The first-order valence-corrected chi connectivity index (χ1v) is 10.2. The molecule has 0 saturated carbocycles. The third-order valence-corrected chi connectivity index (χ3v) is 5.25. The molecular weight excluding hydrogens is 387 g/mol. The molecule has 2 aromatic rings. The van der Waals surface area contributed by atoms with Crippen molar-refractivity contribution in [2.24, 2.45) is 0 Å². The number of methoxy groups -OCH3 is 1. The molecule has 1 aliphatic heterocycles. The number of hydrogen-bond donors (Lipinski definition) is 1. The first kappa shape index (κ1) is 22.1. The molecule has 1 saturated heterocycles. The van der Waals surface area contributed by atoms with Crippen LogP contribution >= 0.6 is 0 Å². The maximum atomic E-state index is 13.9. The van der Waals surface area contributed by atoms with E-state index in [1.807, 2.05) is 25.1 Å². The highest BCUT2D eigenvalue weighted by Crippen LogP contribution is 2.32. The summed E-state index contributed by atoms with van der Waals surface area (Å²) in [5, 5.41) is 2.96. The molecule has 0 bridgehead atoms. The third kappa shape index (κ3) is 5.29. The van der Waals surface area contributed by atoms with E-state index in [0.29, 0.717) is 49.0 Å². The van der Waals surface area contributed by atoms with Crippen LogP contribution in [0.25, 0.3) is 0 Å². The molecule has 0 aliphatic carbocycles. The summed E-state index contributed by atoms with van der Waals surface area (Å²) >= 11 is 0. The van der Waals surface area contributed by atoms with Crippen molar-refractivity contribution in [3.8, 4) is 11.5 Å². The van der Waals surface area contributed by atoms with Crippen LogP contribution in [0.2, 0.25) is 0 Å². The number of carbonyl (C=O) groups is 1. The number of nitrogens with one attached hydrogen (secondary N) is 1. The molecular formula is C23H29FN2O4. The van der Waals surface area contributed by atoms with Gasteiger partial charge in [-0.15, -0.1) is 0 Å². The molecule has 1 N–H and O–H groups in total. The van der Waals surface area contributed by atoms with E-state index in [2.05, 4.69) is 10.2 Å². The minimum absolute atomic E-state index is 0.0716. The summed E-state index contributed by atoms with van der Waals surface area (Å²) in [6.07, 6.45) is 0. The van der Waals surface area contributed by atoms with Gasteiger partial charge in [0, 0.05) is 25.2 Å². The molecule has 1 amide bonds. The number of aryl methyl sites for hydroxylation is 1. The van der Waals surface area contributed by atoms with Crippen LogP contribution in [0.15, 0.2) is 36.4 Å². The van der Waals surface area contributed by atoms with Crippen molar-refractivity contribution < 1.29 is 23.4 Å². The summed E-state index contributed by atoms with van der Waals surface area (Å²) in [5.74, 6) is 0.650. The zero-order valence-electron chi connectivity index (χ0n) is 17.7. The maximum Gasteiger partial charge on any atom is 0.251 e. The van der Waals surface area contributed by atoms with Gasteiger partial charge in [0.1, 0.15) is 5.82 Å². The van der Waals surface area contributed by atoms with E-state index >= 15 is 0 Å². The number of amides is 1. The number of nitrogens with zero attached hydrogens (tertiary/aromatic N) is 1. The van der Waals surface area contributed by atoms with Gasteiger partial charge in [-0.3, -0.25) is 9.69 Å². The smallest absolute Gasteiger partial charge is 0.251 e. The van der Waals surface area contributed by atoms with Gasteiger partial charge in [0.05, 0.1) is 33.0 Å². The predicted octanol–water partition coefficient (Wildman–Crippen LogP) is 3.34. The standard InChI is InChI=1S/C23H29FN2O4/c1-4-30-21-8-7-17(14-22(21)28-3)20(26-9-11-29-12-10-26)15-25-23(27)18-6-5-16(2)19(24)13-18/h5-8,13-14,20H,4,9-12,15H2,1-3H3,(H,25,27)/t20-/m0/s1. The molecule has 6 nitrogen and oxygen atoms in total. The van der Waals surface area contributed by atoms with Crippen LogP contribution in [0.5, 0.6) is 11.5 Å². The highest BCUT2D eigenvalue weighted by molar-refractivity contribution is 5.94. The molecule has 1 aliphatic rings. The van der Waals surface area contributed by atoms with Crippen LogP contribution in [0.3, 0.4) is 0 Å². The Morgan fingerprint density at radius 3 is 2.63 bits per heavy atom. The summed E-state index contributed by atoms with van der Waals surface area (Å²) in [6, 6.07) is 10.3. The van der Waals surface area contributed by atoms with E-state index in [-0.39, 0.29) is 17.8 Å². The Hall–Kier alpha value is -2.64. The Morgan fingerprint density at radius 1 is 1.20 bits per heavy atom. The molecule has 1 atom stereocenters. The van der Waals surface area contributed by atoms with Gasteiger partial charge in [0.15, 0.2) is 11.5 Å². The Bertz CT molecular complexity index is 868.